The lowest BCUT2D eigenvalue weighted by atomic mass is 9.91. The van der Waals surface area contributed by atoms with E-state index >= 15 is 0 Å². The highest BCUT2D eigenvalue weighted by Crippen LogP contribution is 2.29. The van der Waals surface area contributed by atoms with E-state index in [1.54, 1.807) is 12.4 Å². The second-order valence-electron chi connectivity index (χ2n) is 5.56. The lowest BCUT2D eigenvalue weighted by Crippen LogP contribution is -2.45. The van der Waals surface area contributed by atoms with Crippen LogP contribution in [0, 0.1) is 0 Å². The fourth-order valence-electron chi connectivity index (χ4n) is 2.37. The molecule has 1 aliphatic heterocycles. The molecule has 1 saturated heterocycles. The Labute approximate surface area is 97.9 Å². The van der Waals surface area contributed by atoms with Crippen molar-refractivity contribution in [2.45, 2.75) is 45.1 Å². The molecule has 0 spiro atoms. The van der Waals surface area contributed by atoms with Crippen LogP contribution in [0.25, 0.3) is 0 Å². The Balaban J connectivity index is 1.96. The van der Waals surface area contributed by atoms with E-state index in [9.17, 15) is 0 Å². The summed E-state index contributed by atoms with van der Waals surface area (Å²) in [6.45, 7) is 9.20. The van der Waals surface area contributed by atoms with Crippen LogP contribution in [0.5, 0.6) is 0 Å². The predicted molar refractivity (Wildman–Crippen MR) is 65.3 cm³/mol. The van der Waals surface area contributed by atoms with Crippen molar-refractivity contribution in [2.24, 2.45) is 0 Å². The summed E-state index contributed by atoms with van der Waals surface area (Å²) >= 11 is 0. The number of hydrogen-bond donors (Lipinski definition) is 0. The Kier molecular flexibility index (Phi) is 3.24. The SMILES string of the molecule is CC(C)(C)N1CCC(c2cnccn2)CC1. The molecule has 0 atom stereocenters. The third-order valence-electron chi connectivity index (χ3n) is 3.45. The quantitative estimate of drug-likeness (QED) is 0.726. The number of hydrogen-bond acceptors (Lipinski definition) is 3. The molecule has 88 valence electrons. The lowest BCUT2D eigenvalue weighted by Gasteiger charge is -2.40. The van der Waals surface area contributed by atoms with E-state index in [2.05, 4.69) is 35.6 Å². The zero-order valence-electron chi connectivity index (χ0n) is 10.5. The molecule has 0 bridgehead atoms. The summed E-state index contributed by atoms with van der Waals surface area (Å²) in [6, 6.07) is 0. The zero-order valence-corrected chi connectivity index (χ0v) is 10.5. The van der Waals surface area contributed by atoms with Crippen LogP contribution < -0.4 is 0 Å². The van der Waals surface area contributed by atoms with E-state index in [1.165, 1.54) is 25.9 Å². The third-order valence-corrected chi connectivity index (χ3v) is 3.45. The van der Waals surface area contributed by atoms with Gasteiger partial charge in [0.15, 0.2) is 0 Å². The minimum atomic E-state index is 0.299. The van der Waals surface area contributed by atoms with Crippen LogP contribution in [0.4, 0.5) is 0 Å². The number of piperidine rings is 1. The minimum Gasteiger partial charge on any atom is -0.298 e. The number of likely N-dealkylation sites (tertiary alicyclic amines) is 1. The van der Waals surface area contributed by atoms with E-state index in [0.717, 1.165) is 5.69 Å². The fourth-order valence-corrected chi connectivity index (χ4v) is 2.37. The lowest BCUT2D eigenvalue weighted by molar-refractivity contribution is 0.101. The van der Waals surface area contributed by atoms with Gasteiger partial charge in [0, 0.05) is 30.0 Å². The van der Waals surface area contributed by atoms with Crippen molar-refractivity contribution in [3.05, 3.63) is 24.3 Å². The maximum atomic E-state index is 4.41. The molecule has 16 heavy (non-hydrogen) atoms. The summed E-state index contributed by atoms with van der Waals surface area (Å²) in [5.41, 5.74) is 1.46. The van der Waals surface area contributed by atoms with Crippen LogP contribution in [-0.4, -0.2) is 33.5 Å². The molecule has 1 aromatic rings. The molecular formula is C13H21N3. The molecule has 0 unspecified atom stereocenters. The van der Waals surface area contributed by atoms with Crippen LogP contribution >= 0.6 is 0 Å². The van der Waals surface area contributed by atoms with Crippen molar-refractivity contribution in [3.63, 3.8) is 0 Å². The normalized spacial score (nSPS) is 19.9. The molecule has 0 aliphatic carbocycles. The van der Waals surface area contributed by atoms with Gasteiger partial charge in [0.25, 0.3) is 0 Å². The first-order chi connectivity index (χ1) is 7.57. The highest BCUT2D eigenvalue weighted by Gasteiger charge is 2.27. The smallest absolute Gasteiger partial charge is 0.0618 e. The van der Waals surface area contributed by atoms with E-state index < -0.39 is 0 Å². The number of nitrogens with zero attached hydrogens (tertiary/aromatic N) is 3. The molecule has 0 aromatic carbocycles. The molecule has 1 aliphatic rings. The largest absolute Gasteiger partial charge is 0.298 e. The number of rotatable bonds is 1. The van der Waals surface area contributed by atoms with Crippen LogP contribution in [0.1, 0.15) is 45.2 Å². The maximum absolute atomic E-state index is 4.41. The minimum absolute atomic E-state index is 0.299. The van der Waals surface area contributed by atoms with E-state index in [-0.39, 0.29) is 0 Å². The zero-order chi connectivity index (χ0) is 11.6. The summed E-state index contributed by atoms with van der Waals surface area (Å²) in [6.07, 6.45) is 7.86. The average molecular weight is 219 g/mol. The summed E-state index contributed by atoms with van der Waals surface area (Å²) in [5.74, 6) is 0.604. The molecule has 0 amide bonds. The van der Waals surface area contributed by atoms with Gasteiger partial charge in [0.2, 0.25) is 0 Å². The first-order valence-corrected chi connectivity index (χ1v) is 6.08. The monoisotopic (exact) mass is 219 g/mol. The van der Waals surface area contributed by atoms with Crippen molar-refractivity contribution in [1.82, 2.24) is 14.9 Å². The molecular weight excluding hydrogens is 198 g/mol. The highest BCUT2D eigenvalue weighted by molar-refractivity contribution is 5.05. The molecule has 0 N–H and O–H groups in total. The molecule has 1 fully saturated rings. The van der Waals surface area contributed by atoms with Crippen molar-refractivity contribution < 1.29 is 0 Å². The van der Waals surface area contributed by atoms with Crippen LogP contribution in [-0.2, 0) is 0 Å². The van der Waals surface area contributed by atoms with Crippen molar-refractivity contribution >= 4 is 0 Å². The van der Waals surface area contributed by atoms with E-state index in [1.807, 2.05) is 6.20 Å². The molecule has 2 rings (SSSR count). The Morgan fingerprint density at radius 1 is 1.19 bits per heavy atom. The van der Waals surface area contributed by atoms with Crippen LogP contribution in [0.15, 0.2) is 18.6 Å². The summed E-state index contributed by atoms with van der Waals surface area (Å²) in [4.78, 5) is 11.1. The average Bonchev–Trinajstić information content (AvgIpc) is 2.29. The first-order valence-electron chi connectivity index (χ1n) is 6.08. The third kappa shape index (κ3) is 2.59. The fraction of sp³-hybridized carbons (Fsp3) is 0.692. The van der Waals surface area contributed by atoms with Gasteiger partial charge in [0.1, 0.15) is 0 Å². The van der Waals surface area contributed by atoms with Crippen LogP contribution in [0.2, 0.25) is 0 Å². The standard InChI is InChI=1S/C13H21N3/c1-13(2,3)16-8-4-11(5-9-16)12-10-14-6-7-15-12/h6-7,10-11H,4-5,8-9H2,1-3H3. The second-order valence-corrected chi connectivity index (χ2v) is 5.56. The van der Waals surface area contributed by atoms with Gasteiger partial charge in [-0.3, -0.25) is 14.9 Å². The molecule has 0 saturated carbocycles. The molecule has 1 aromatic heterocycles. The van der Waals surface area contributed by atoms with Gasteiger partial charge in [0.05, 0.1) is 5.69 Å². The van der Waals surface area contributed by atoms with Gasteiger partial charge in [-0.25, -0.2) is 0 Å². The Morgan fingerprint density at radius 3 is 2.38 bits per heavy atom. The molecule has 3 heteroatoms. The van der Waals surface area contributed by atoms with Gasteiger partial charge in [-0.1, -0.05) is 0 Å². The van der Waals surface area contributed by atoms with Gasteiger partial charge < -0.3 is 0 Å². The molecule has 3 nitrogen and oxygen atoms in total. The van der Waals surface area contributed by atoms with Gasteiger partial charge in [-0.15, -0.1) is 0 Å². The van der Waals surface area contributed by atoms with Crippen molar-refractivity contribution in [1.29, 1.82) is 0 Å². The second kappa shape index (κ2) is 4.50. The Morgan fingerprint density at radius 2 is 1.88 bits per heavy atom. The van der Waals surface area contributed by atoms with Gasteiger partial charge in [-0.05, 0) is 46.7 Å². The molecule has 0 radical (unpaired) electrons. The highest BCUT2D eigenvalue weighted by atomic mass is 15.2. The van der Waals surface area contributed by atoms with Gasteiger partial charge in [-0.2, -0.15) is 0 Å². The summed E-state index contributed by atoms with van der Waals surface area (Å²) < 4.78 is 0. The predicted octanol–water partition coefficient (Wildman–Crippen LogP) is 2.45. The van der Waals surface area contributed by atoms with Crippen LogP contribution in [0.3, 0.4) is 0 Å². The maximum Gasteiger partial charge on any atom is 0.0618 e. The number of aromatic nitrogens is 2. The topological polar surface area (TPSA) is 29.0 Å². The van der Waals surface area contributed by atoms with Crippen molar-refractivity contribution in [2.75, 3.05) is 13.1 Å². The summed E-state index contributed by atoms with van der Waals surface area (Å²) in [7, 11) is 0. The summed E-state index contributed by atoms with van der Waals surface area (Å²) in [5, 5.41) is 0. The van der Waals surface area contributed by atoms with Gasteiger partial charge >= 0.3 is 0 Å². The Bertz CT molecular complexity index is 321. The first kappa shape index (κ1) is 11.5. The van der Waals surface area contributed by atoms with E-state index in [0.29, 0.717) is 11.5 Å². The van der Waals surface area contributed by atoms with E-state index in [4.69, 9.17) is 0 Å². The molecule has 2 heterocycles. The van der Waals surface area contributed by atoms with Crippen molar-refractivity contribution in [3.8, 4) is 0 Å². The Hall–Kier alpha value is -0.960.